The average Bonchev–Trinajstić information content (AvgIpc) is 2.12. The normalized spacial score (nSPS) is 8.31. The third-order valence-electron chi connectivity index (χ3n) is 1.04. The van der Waals surface area contributed by atoms with Crippen molar-refractivity contribution >= 4 is 12.0 Å². The lowest BCUT2D eigenvalue weighted by atomic mass is 10.5. The van der Waals surface area contributed by atoms with Crippen molar-refractivity contribution in [2.24, 2.45) is 0 Å². The molecule has 0 aromatic carbocycles. The summed E-state index contributed by atoms with van der Waals surface area (Å²) in [5.74, 6) is -0.298. The molecule has 0 unspecified atom stereocenters. The zero-order valence-corrected chi connectivity index (χ0v) is 7.21. The Kier molecular flexibility index (Phi) is 5.96. The fraction of sp³-hybridized carbons (Fsp3) is 0.250. The third kappa shape index (κ3) is 6.61. The van der Waals surface area contributed by atoms with E-state index in [4.69, 9.17) is 0 Å². The smallest absolute Gasteiger partial charge is 0.411 e. The maximum atomic E-state index is 10.6. The highest BCUT2D eigenvalue weighted by Gasteiger charge is 1.97. The summed E-state index contributed by atoms with van der Waals surface area (Å²) in [6.07, 6.45) is 1.76. The Hall–Kier alpha value is -1.78. The number of carbonyl (C=O) groups is 2. The van der Waals surface area contributed by atoms with Gasteiger partial charge in [0.15, 0.2) is 0 Å². The van der Waals surface area contributed by atoms with Crippen molar-refractivity contribution in [3.63, 3.8) is 0 Å². The number of hydrogen-bond acceptors (Lipinski definition) is 3. The van der Waals surface area contributed by atoms with E-state index in [1.54, 1.807) is 0 Å². The van der Waals surface area contributed by atoms with Crippen molar-refractivity contribution in [2.45, 2.75) is 0 Å². The molecule has 0 aromatic heterocycles. The second-order valence-electron chi connectivity index (χ2n) is 1.98. The summed E-state index contributed by atoms with van der Waals surface area (Å²) in [6, 6.07) is 0. The Morgan fingerprint density at radius 2 is 2.08 bits per heavy atom. The molecule has 0 fully saturated rings. The average molecular weight is 184 g/mol. The second kappa shape index (κ2) is 6.90. The molecule has 13 heavy (non-hydrogen) atoms. The summed E-state index contributed by atoms with van der Waals surface area (Å²) in [5, 5.41) is 4.66. The van der Waals surface area contributed by atoms with Gasteiger partial charge in [-0.15, -0.1) is 0 Å². The van der Waals surface area contributed by atoms with E-state index in [0.29, 0.717) is 0 Å². The standard InChI is InChI=1S/C8H12N2O3/c1-3-7(11)10-5-6-13-8(12)9-4-2/h3-4H,1-2,5-6H2,(H,9,12)(H,10,11). The highest BCUT2D eigenvalue weighted by Crippen LogP contribution is 1.76. The van der Waals surface area contributed by atoms with E-state index in [2.05, 4.69) is 28.5 Å². The van der Waals surface area contributed by atoms with E-state index in [9.17, 15) is 9.59 Å². The fourth-order valence-electron chi connectivity index (χ4n) is 0.515. The molecule has 2 N–H and O–H groups in total. The highest BCUT2D eigenvalue weighted by atomic mass is 16.5. The lowest BCUT2D eigenvalue weighted by Crippen LogP contribution is -2.28. The minimum Gasteiger partial charge on any atom is -0.447 e. The summed E-state index contributed by atoms with van der Waals surface area (Å²) in [4.78, 5) is 21.2. The molecule has 0 bridgehead atoms. The Bertz CT molecular complexity index is 213. The molecular weight excluding hydrogens is 172 g/mol. The van der Waals surface area contributed by atoms with E-state index in [0.717, 1.165) is 6.08 Å². The molecule has 5 heteroatoms. The zero-order chi connectivity index (χ0) is 10.1. The molecule has 0 radical (unpaired) electrons. The van der Waals surface area contributed by atoms with Gasteiger partial charge in [-0.25, -0.2) is 4.79 Å². The van der Waals surface area contributed by atoms with Crippen molar-refractivity contribution in [1.82, 2.24) is 10.6 Å². The van der Waals surface area contributed by atoms with Gasteiger partial charge in [0.1, 0.15) is 6.61 Å². The van der Waals surface area contributed by atoms with Gasteiger partial charge >= 0.3 is 6.09 Å². The molecule has 0 aliphatic rings. The topological polar surface area (TPSA) is 67.4 Å². The first-order chi connectivity index (χ1) is 6.20. The van der Waals surface area contributed by atoms with Crippen molar-refractivity contribution < 1.29 is 14.3 Å². The zero-order valence-electron chi connectivity index (χ0n) is 7.21. The monoisotopic (exact) mass is 184 g/mol. The van der Waals surface area contributed by atoms with Gasteiger partial charge in [-0.2, -0.15) is 0 Å². The third-order valence-corrected chi connectivity index (χ3v) is 1.04. The van der Waals surface area contributed by atoms with E-state index < -0.39 is 6.09 Å². The Labute approximate surface area is 76.5 Å². The van der Waals surface area contributed by atoms with Crippen LogP contribution in [0.4, 0.5) is 4.79 Å². The van der Waals surface area contributed by atoms with Crippen LogP contribution in [0, 0.1) is 0 Å². The molecular formula is C8H12N2O3. The van der Waals surface area contributed by atoms with Crippen LogP contribution in [0.25, 0.3) is 0 Å². The van der Waals surface area contributed by atoms with Crippen LogP contribution in [-0.2, 0) is 9.53 Å². The van der Waals surface area contributed by atoms with Crippen LogP contribution in [0.2, 0.25) is 0 Å². The van der Waals surface area contributed by atoms with Crippen LogP contribution >= 0.6 is 0 Å². The molecule has 0 saturated carbocycles. The molecule has 0 spiro atoms. The molecule has 5 nitrogen and oxygen atoms in total. The minimum atomic E-state index is -0.595. The lowest BCUT2D eigenvalue weighted by molar-refractivity contribution is -0.116. The SMILES string of the molecule is C=CNC(=O)OCCNC(=O)C=C. The number of rotatable bonds is 5. The number of carbonyl (C=O) groups excluding carboxylic acids is 2. The summed E-state index contributed by atoms with van der Waals surface area (Å²) in [7, 11) is 0. The predicted molar refractivity (Wildman–Crippen MR) is 47.9 cm³/mol. The Balaban J connectivity index is 3.35. The van der Waals surface area contributed by atoms with E-state index in [-0.39, 0.29) is 19.1 Å². The van der Waals surface area contributed by atoms with Gasteiger partial charge in [0, 0.05) is 0 Å². The highest BCUT2D eigenvalue weighted by molar-refractivity contribution is 5.86. The van der Waals surface area contributed by atoms with Crippen LogP contribution in [0.3, 0.4) is 0 Å². The number of ether oxygens (including phenoxy) is 1. The number of hydrogen-bond donors (Lipinski definition) is 2. The van der Waals surface area contributed by atoms with Gasteiger partial charge in [-0.3, -0.25) is 10.1 Å². The number of nitrogens with one attached hydrogen (secondary N) is 2. The van der Waals surface area contributed by atoms with E-state index in [1.165, 1.54) is 6.20 Å². The van der Waals surface area contributed by atoms with Crippen molar-refractivity contribution in [1.29, 1.82) is 0 Å². The largest absolute Gasteiger partial charge is 0.447 e. The van der Waals surface area contributed by atoms with Crippen LogP contribution in [-0.4, -0.2) is 25.2 Å². The van der Waals surface area contributed by atoms with Crippen molar-refractivity contribution in [3.8, 4) is 0 Å². The van der Waals surface area contributed by atoms with E-state index >= 15 is 0 Å². The summed E-state index contributed by atoms with van der Waals surface area (Å²) < 4.78 is 4.61. The molecule has 0 aliphatic carbocycles. The lowest BCUT2D eigenvalue weighted by Gasteiger charge is -2.03. The van der Waals surface area contributed by atoms with Gasteiger partial charge in [0.2, 0.25) is 5.91 Å². The van der Waals surface area contributed by atoms with Crippen LogP contribution in [0.15, 0.2) is 25.4 Å². The summed E-state index contributed by atoms with van der Waals surface area (Å²) in [5.41, 5.74) is 0. The maximum Gasteiger partial charge on any atom is 0.411 e. The first kappa shape index (κ1) is 11.2. The molecule has 72 valence electrons. The summed E-state index contributed by atoms with van der Waals surface area (Å²) >= 11 is 0. The second-order valence-corrected chi connectivity index (χ2v) is 1.98. The van der Waals surface area contributed by atoms with Crippen LogP contribution < -0.4 is 10.6 Å². The molecule has 0 aromatic rings. The molecule has 2 amide bonds. The number of amides is 2. The van der Waals surface area contributed by atoms with Crippen LogP contribution in [0.1, 0.15) is 0 Å². The van der Waals surface area contributed by atoms with Crippen molar-refractivity contribution in [2.75, 3.05) is 13.2 Å². The minimum absolute atomic E-state index is 0.110. The summed E-state index contributed by atoms with van der Waals surface area (Å²) in [6.45, 7) is 6.90. The van der Waals surface area contributed by atoms with Gasteiger partial charge in [-0.1, -0.05) is 13.2 Å². The first-order valence-corrected chi connectivity index (χ1v) is 3.65. The van der Waals surface area contributed by atoms with Gasteiger partial charge < -0.3 is 10.1 Å². The molecule has 0 atom stereocenters. The Morgan fingerprint density at radius 3 is 2.62 bits per heavy atom. The molecule has 0 heterocycles. The fourth-order valence-corrected chi connectivity index (χ4v) is 0.515. The van der Waals surface area contributed by atoms with E-state index in [1.807, 2.05) is 0 Å². The van der Waals surface area contributed by atoms with Gasteiger partial charge in [0.25, 0.3) is 0 Å². The predicted octanol–water partition coefficient (Wildman–Crippen LogP) is 0.158. The Morgan fingerprint density at radius 1 is 1.38 bits per heavy atom. The first-order valence-electron chi connectivity index (χ1n) is 3.65. The molecule has 0 saturated heterocycles. The van der Waals surface area contributed by atoms with Gasteiger partial charge in [-0.05, 0) is 12.3 Å². The molecule has 0 rings (SSSR count). The van der Waals surface area contributed by atoms with Gasteiger partial charge in [0.05, 0.1) is 6.54 Å². The number of alkyl carbamates (subject to hydrolysis) is 1. The van der Waals surface area contributed by atoms with Crippen molar-refractivity contribution in [3.05, 3.63) is 25.4 Å². The maximum absolute atomic E-state index is 10.6. The quantitative estimate of drug-likeness (QED) is 0.472. The van der Waals surface area contributed by atoms with Crippen LogP contribution in [0.5, 0.6) is 0 Å². The molecule has 0 aliphatic heterocycles.